The molecule has 0 aromatic rings. The van der Waals surface area contributed by atoms with E-state index in [-0.39, 0.29) is 101 Å². The second-order valence-electron chi connectivity index (χ2n) is 6.04. The summed E-state index contributed by atoms with van der Waals surface area (Å²) in [5.74, 6) is -2.30. The van der Waals surface area contributed by atoms with Gasteiger partial charge in [-0.25, -0.2) is 0 Å². The summed E-state index contributed by atoms with van der Waals surface area (Å²) in [6, 6.07) is 0. The van der Waals surface area contributed by atoms with E-state index in [0.29, 0.717) is 19.5 Å². The molecule has 0 aromatic carbocycles. The quantitative estimate of drug-likeness (QED) is 0.113. The van der Waals surface area contributed by atoms with E-state index in [4.69, 9.17) is 5.11 Å². The Bertz CT molecular complexity index is 439. The maximum Gasteiger partial charge on any atom is 1.00 e. The van der Waals surface area contributed by atoms with Crippen LogP contribution < -0.4 is 61.8 Å². The normalized spacial score (nSPS) is 13.0. The topological polar surface area (TPSA) is 127 Å². The molecule has 0 fully saturated rings. The fraction of sp³-hybridized carbons (Fsp3) is 0.706. The molecule has 0 saturated heterocycles. The van der Waals surface area contributed by atoms with Crippen LogP contribution in [0.5, 0.6) is 0 Å². The molecule has 0 heterocycles. The zero-order valence-electron chi connectivity index (χ0n) is 15.9. The molecular weight excluding hydrogens is 367 g/mol. The molecule has 26 heavy (non-hydrogen) atoms. The van der Waals surface area contributed by atoms with Crippen molar-refractivity contribution in [2.75, 3.05) is 39.3 Å². The number of nitrogens with one attached hydrogen (secondary N) is 1. The van der Waals surface area contributed by atoms with Crippen LogP contribution >= 0.6 is 0 Å². The Kier molecular flexibility index (Phi) is 18.1. The first-order valence-corrected chi connectivity index (χ1v) is 8.60. The number of aliphatic hydroxyl groups excluding tert-OH is 1. The molecule has 0 aliphatic heterocycles. The number of carboxylic acid groups (broad SMARTS) is 2. The number of nitrogens with zero attached hydrogens (tertiary/aromatic N) is 1. The predicted octanol–water partition coefficient (Wildman–Crippen LogP) is -3.72. The largest absolute Gasteiger partial charge is 1.00 e. The van der Waals surface area contributed by atoms with Gasteiger partial charge in [0, 0.05) is 18.8 Å². The number of amides is 1. The number of allylic oxidation sites excluding steroid dienone is 2. The molecule has 0 aliphatic carbocycles. The van der Waals surface area contributed by atoms with E-state index in [9.17, 15) is 24.6 Å². The number of hydrogen-bond acceptors (Lipinski definition) is 5. The van der Waals surface area contributed by atoms with Crippen molar-refractivity contribution < 1.29 is 85.6 Å². The van der Waals surface area contributed by atoms with Gasteiger partial charge in [0.2, 0.25) is 5.91 Å². The molecule has 0 aromatic heterocycles. The third-order valence-corrected chi connectivity index (χ3v) is 4.08. The van der Waals surface area contributed by atoms with Gasteiger partial charge in [0.15, 0.2) is 0 Å². The summed E-state index contributed by atoms with van der Waals surface area (Å²) >= 11 is 0. The van der Waals surface area contributed by atoms with Gasteiger partial charge in [-0.2, -0.15) is 0 Å². The zero-order chi connectivity index (χ0) is 19.1. The van der Waals surface area contributed by atoms with Crippen LogP contribution in [0.15, 0.2) is 12.2 Å². The number of hydrogen-bond donors (Lipinski definition) is 3. The van der Waals surface area contributed by atoms with Crippen molar-refractivity contribution in [1.29, 1.82) is 0 Å². The Balaban J connectivity index is 0. The average Bonchev–Trinajstić information content (AvgIpc) is 2.55. The molecule has 9 heteroatoms. The summed E-state index contributed by atoms with van der Waals surface area (Å²) in [6.07, 6.45) is 5.54. The van der Waals surface area contributed by atoms with Gasteiger partial charge in [0.1, 0.15) is 6.54 Å². The second-order valence-corrected chi connectivity index (χ2v) is 6.04. The molecule has 0 rings (SSSR count). The summed E-state index contributed by atoms with van der Waals surface area (Å²) < 4.78 is 0.121. The van der Waals surface area contributed by atoms with Crippen molar-refractivity contribution in [3.05, 3.63) is 12.2 Å². The minimum Gasteiger partial charge on any atom is -0.550 e. The number of aliphatic carboxylic acids is 2. The first-order valence-electron chi connectivity index (χ1n) is 8.60. The Morgan fingerprint density at radius 1 is 1.08 bits per heavy atom. The van der Waals surface area contributed by atoms with Crippen LogP contribution in [0, 0.1) is 0 Å². The van der Waals surface area contributed by atoms with E-state index in [0.717, 1.165) is 12.8 Å². The molecule has 144 valence electrons. The number of carbonyl (C=O) groups excluding carboxylic acids is 2. The van der Waals surface area contributed by atoms with Crippen LogP contribution in [0.2, 0.25) is 0 Å². The van der Waals surface area contributed by atoms with Crippen molar-refractivity contribution in [3.63, 3.8) is 0 Å². The van der Waals surface area contributed by atoms with Crippen LogP contribution in [0.3, 0.4) is 0 Å². The molecule has 0 bridgehead atoms. The molecule has 0 spiro atoms. The summed E-state index contributed by atoms with van der Waals surface area (Å²) in [4.78, 5) is 33.4. The van der Waals surface area contributed by atoms with Gasteiger partial charge < -0.3 is 29.9 Å². The number of rotatable bonds is 15. The standard InChI is InChI=1S/C17H30N2O6.K/c1-2-3-4-5-6-15(21)18-9-12-19(13-14-20,10-7-16(22)23)11-8-17(24)25;/h2-3,20H,4-14H2,1H3,(H2-,18,21,22,23,24,25);/q;+1/b3-2+;. The zero-order valence-corrected chi connectivity index (χ0v) is 19.0. The first-order chi connectivity index (χ1) is 11.8. The summed E-state index contributed by atoms with van der Waals surface area (Å²) in [5, 5.41) is 31.7. The fourth-order valence-corrected chi connectivity index (χ4v) is 2.61. The van der Waals surface area contributed by atoms with Gasteiger partial charge >= 0.3 is 57.4 Å². The Morgan fingerprint density at radius 3 is 2.27 bits per heavy atom. The molecule has 0 radical (unpaired) electrons. The van der Waals surface area contributed by atoms with Gasteiger partial charge in [-0.15, -0.1) is 0 Å². The molecule has 0 saturated carbocycles. The number of quaternary nitrogens is 1. The first kappa shape index (κ1) is 27.9. The molecule has 3 N–H and O–H groups in total. The molecule has 1 amide bonds. The molecule has 1 atom stereocenters. The second kappa shape index (κ2) is 16.8. The van der Waals surface area contributed by atoms with Crippen LogP contribution in [0.1, 0.15) is 39.0 Å². The Morgan fingerprint density at radius 2 is 1.73 bits per heavy atom. The summed E-state index contributed by atoms with van der Waals surface area (Å²) in [7, 11) is 0. The predicted molar refractivity (Wildman–Crippen MR) is 90.4 cm³/mol. The minimum absolute atomic E-state index is 0. The van der Waals surface area contributed by atoms with Crippen molar-refractivity contribution in [2.45, 2.75) is 39.0 Å². The smallest absolute Gasteiger partial charge is 0.550 e. The average molecular weight is 398 g/mol. The monoisotopic (exact) mass is 397 g/mol. The van der Waals surface area contributed by atoms with Gasteiger partial charge in [-0.05, 0) is 19.8 Å². The van der Waals surface area contributed by atoms with Gasteiger partial charge in [0.25, 0.3) is 0 Å². The van der Waals surface area contributed by atoms with Crippen LogP contribution in [0.4, 0.5) is 0 Å². The third-order valence-electron chi connectivity index (χ3n) is 4.08. The van der Waals surface area contributed by atoms with Gasteiger partial charge in [-0.1, -0.05) is 12.2 Å². The van der Waals surface area contributed by atoms with Crippen LogP contribution in [0.25, 0.3) is 0 Å². The SMILES string of the molecule is C/C=C/CCCC(=O)NCC[N+](CCO)(CCC(=O)[O-])CCC(=O)O.[K+]. The van der Waals surface area contributed by atoms with Crippen molar-refractivity contribution in [3.8, 4) is 0 Å². The molecule has 0 aliphatic rings. The number of carbonyl (C=O) groups is 3. The van der Waals surface area contributed by atoms with E-state index in [1.807, 2.05) is 19.1 Å². The molecule has 8 nitrogen and oxygen atoms in total. The Labute approximate surface area is 197 Å². The van der Waals surface area contributed by atoms with Crippen molar-refractivity contribution in [2.24, 2.45) is 0 Å². The summed E-state index contributed by atoms with van der Waals surface area (Å²) in [5.41, 5.74) is 0. The van der Waals surface area contributed by atoms with Crippen molar-refractivity contribution >= 4 is 17.8 Å². The van der Waals surface area contributed by atoms with Gasteiger partial charge in [0.05, 0.1) is 39.2 Å². The number of carboxylic acids is 2. The van der Waals surface area contributed by atoms with E-state index in [2.05, 4.69) is 5.32 Å². The van der Waals surface area contributed by atoms with E-state index in [1.54, 1.807) is 0 Å². The van der Waals surface area contributed by atoms with Crippen molar-refractivity contribution in [1.82, 2.24) is 5.32 Å². The minimum atomic E-state index is -1.22. The Hall–Kier alpha value is -0.294. The van der Waals surface area contributed by atoms with Crippen LogP contribution in [-0.2, 0) is 14.4 Å². The van der Waals surface area contributed by atoms with E-state index >= 15 is 0 Å². The number of aliphatic hydroxyl groups is 1. The number of unbranched alkanes of at least 4 members (excludes halogenated alkanes) is 1. The molecule has 1 unspecified atom stereocenters. The van der Waals surface area contributed by atoms with E-state index in [1.165, 1.54) is 0 Å². The molecular formula is C17H30KN2O6+. The maximum atomic E-state index is 11.8. The third kappa shape index (κ3) is 14.8. The summed E-state index contributed by atoms with van der Waals surface area (Å²) in [6.45, 7) is 2.98. The fourth-order valence-electron chi connectivity index (χ4n) is 2.61. The van der Waals surface area contributed by atoms with E-state index < -0.39 is 11.9 Å². The van der Waals surface area contributed by atoms with Gasteiger partial charge in [-0.3, -0.25) is 9.59 Å². The van der Waals surface area contributed by atoms with Crippen LogP contribution in [-0.4, -0.2) is 71.9 Å². The maximum absolute atomic E-state index is 11.8.